The van der Waals surface area contributed by atoms with Gasteiger partial charge in [-0.25, -0.2) is 18.8 Å². The summed E-state index contributed by atoms with van der Waals surface area (Å²) in [5.74, 6) is -6.43. The third kappa shape index (κ3) is 3.29. The topological polar surface area (TPSA) is 212 Å². The number of aromatic nitrogens is 1. The third-order valence-corrected chi connectivity index (χ3v) is 8.49. The number of carbonyl (C=O) groups excluding carboxylic acids is 3. The minimum absolute atomic E-state index is 0.0496. The van der Waals surface area contributed by atoms with Gasteiger partial charge >= 0.3 is 24.3 Å². The molecule has 2 unspecified atom stereocenters. The number of amides is 4. The van der Waals surface area contributed by atoms with Crippen LogP contribution in [0.15, 0.2) is 48.1 Å². The fourth-order valence-electron chi connectivity index (χ4n) is 5.62. The molecule has 1 saturated heterocycles. The number of nitrogens with two attached hydrogens (primary N) is 3. The molecule has 1 aliphatic carbocycles. The number of halogens is 4. The van der Waals surface area contributed by atoms with Gasteiger partial charge in [0, 0.05) is 23.2 Å². The number of nitrogens with zero attached hydrogens (tertiary/aromatic N) is 2. The molecular weight excluding hydrogens is 566 g/mol. The molecule has 4 amide bonds. The van der Waals surface area contributed by atoms with Crippen molar-refractivity contribution in [2.24, 2.45) is 22.6 Å². The zero-order valence-corrected chi connectivity index (χ0v) is 20.8. The molecule has 1 aromatic carbocycles. The van der Waals surface area contributed by atoms with E-state index in [1.165, 1.54) is 12.1 Å². The van der Waals surface area contributed by atoms with Gasteiger partial charge in [-0.15, -0.1) is 11.8 Å². The number of thioether (sulfide) groups is 1. The minimum atomic E-state index is -6.01. The van der Waals surface area contributed by atoms with Crippen LogP contribution in [0.4, 0.5) is 27.2 Å². The summed E-state index contributed by atoms with van der Waals surface area (Å²) in [6.45, 7) is -0.782. The zero-order valence-electron chi connectivity index (χ0n) is 19.9. The van der Waals surface area contributed by atoms with E-state index in [0.717, 1.165) is 12.1 Å². The Kier molecular flexibility index (Phi) is 6.41. The van der Waals surface area contributed by atoms with Gasteiger partial charge in [-0.3, -0.25) is 19.1 Å². The fraction of sp³-hybridized carbons (Fsp3) is 0.261. The highest BCUT2D eigenvalue weighted by atomic mass is 32.2. The summed E-state index contributed by atoms with van der Waals surface area (Å²) in [5.41, 5.74) is 2.72. The minimum Gasteiger partial charge on any atom is -0.479 e. The average Bonchev–Trinajstić information content (AvgIpc) is 3.44. The van der Waals surface area contributed by atoms with Crippen LogP contribution in [-0.4, -0.2) is 72.9 Å². The summed E-state index contributed by atoms with van der Waals surface area (Å²) in [4.78, 5) is 58.9. The summed E-state index contributed by atoms with van der Waals surface area (Å²) in [5, 5.41) is 19.5. The Morgan fingerprint density at radius 3 is 2.12 bits per heavy atom. The number of hydrogen-bond donors (Lipinski definition) is 5. The second kappa shape index (κ2) is 9.00. The lowest BCUT2D eigenvalue weighted by molar-refractivity contribution is -0.268. The molecule has 2 aromatic rings. The van der Waals surface area contributed by atoms with Crippen molar-refractivity contribution in [3.63, 3.8) is 0 Å². The van der Waals surface area contributed by atoms with Crippen molar-refractivity contribution >= 4 is 52.6 Å². The van der Waals surface area contributed by atoms with E-state index in [1.54, 1.807) is 0 Å². The van der Waals surface area contributed by atoms with Gasteiger partial charge in [-0.1, -0.05) is 36.4 Å². The van der Waals surface area contributed by atoms with E-state index in [0.29, 0.717) is 16.7 Å². The van der Waals surface area contributed by atoms with Gasteiger partial charge < -0.3 is 27.4 Å². The highest BCUT2D eigenvalue weighted by Gasteiger charge is 2.84. The molecule has 2 aliphatic rings. The Balaban J connectivity index is 2.38. The molecule has 3 atom stereocenters. The lowest BCUT2D eigenvalue weighted by atomic mass is 9.58. The summed E-state index contributed by atoms with van der Waals surface area (Å²) >= 11 is -0.0496. The maximum atomic E-state index is 18.3. The van der Waals surface area contributed by atoms with Crippen molar-refractivity contribution in [2.45, 2.75) is 16.7 Å². The van der Waals surface area contributed by atoms with Crippen LogP contribution in [0.2, 0.25) is 0 Å². The van der Waals surface area contributed by atoms with E-state index in [1.807, 2.05) is 0 Å². The van der Waals surface area contributed by atoms with Crippen molar-refractivity contribution in [1.82, 2.24) is 9.47 Å². The van der Waals surface area contributed by atoms with Crippen molar-refractivity contribution < 1.29 is 51.7 Å². The Labute approximate surface area is 225 Å². The molecule has 0 saturated carbocycles. The predicted octanol–water partition coefficient (Wildman–Crippen LogP) is 1.87. The highest BCUT2D eigenvalue weighted by molar-refractivity contribution is 8.01. The van der Waals surface area contributed by atoms with Crippen molar-refractivity contribution in [2.75, 3.05) is 12.3 Å². The van der Waals surface area contributed by atoms with Crippen molar-refractivity contribution in [3.05, 3.63) is 59.3 Å². The van der Waals surface area contributed by atoms with E-state index in [4.69, 9.17) is 17.2 Å². The molecule has 0 bridgehead atoms. The largest absolute Gasteiger partial charge is 0.479 e. The molecule has 0 radical (unpaired) electrons. The Bertz CT molecular complexity index is 1570. The molecule has 12 nitrogen and oxygen atoms in total. The lowest BCUT2D eigenvalue weighted by Gasteiger charge is -2.55. The number of hydrogen-bond acceptors (Lipinski definition) is 6. The molecule has 1 fully saturated rings. The second-order valence-corrected chi connectivity index (χ2v) is 10.1. The van der Waals surface area contributed by atoms with Crippen LogP contribution in [0.3, 0.4) is 0 Å². The summed E-state index contributed by atoms with van der Waals surface area (Å²) in [7, 11) is 0. The first kappa shape index (κ1) is 28.5. The number of alkyl halides is 4. The SMILES string of the molecule is NC(=O)C1=CC=CC(C(F)(F)F)([C@]2(C(=O)O)SCCN2C(=O)O)C1(F)c1c(C(N)=O)n(C(N)=O)c2ccccc12. The van der Waals surface area contributed by atoms with Gasteiger partial charge in [0.25, 0.3) is 5.91 Å². The Morgan fingerprint density at radius 2 is 1.62 bits per heavy atom. The van der Waals surface area contributed by atoms with E-state index in [-0.39, 0.29) is 22.7 Å². The van der Waals surface area contributed by atoms with Crippen LogP contribution in [0, 0.1) is 5.41 Å². The van der Waals surface area contributed by atoms with E-state index < -0.39 is 92.1 Å². The maximum absolute atomic E-state index is 18.3. The Hall–Kier alpha value is -4.54. The summed E-state index contributed by atoms with van der Waals surface area (Å²) < 4.78 is 65.5. The molecule has 4 rings (SSSR count). The number of para-hydroxylation sites is 1. The maximum Gasteiger partial charge on any atom is 0.408 e. The van der Waals surface area contributed by atoms with Gasteiger partial charge in [0.15, 0.2) is 11.1 Å². The normalized spacial score (nSPS) is 26.5. The number of carbonyl (C=O) groups is 5. The lowest BCUT2D eigenvalue weighted by Crippen LogP contribution is -2.73. The molecule has 2 heterocycles. The molecule has 212 valence electrons. The zero-order chi connectivity index (χ0) is 30.0. The number of fused-ring (bicyclic) bond motifs is 1. The number of allylic oxidation sites excluding steroid dienone is 2. The molecule has 0 spiro atoms. The van der Waals surface area contributed by atoms with Crippen LogP contribution >= 0.6 is 11.8 Å². The molecule has 40 heavy (non-hydrogen) atoms. The number of rotatable bonds is 5. The molecule has 17 heteroatoms. The van der Waals surface area contributed by atoms with Crippen LogP contribution in [0.5, 0.6) is 0 Å². The van der Waals surface area contributed by atoms with Crippen LogP contribution < -0.4 is 17.2 Å². The summed E-state index contributed by atoms with van der Waals surface area (Å²) in [6.07, 6.45) is -7.03. The highest BCUT2D eigenvalue weighted by Crippen LogP contribution is 2.70. The van der Waals surface area contributed by atoms with Crippen LogP contribution in [0.25, 0.3) is 10.9 Å². The van der Waals surface area contributed by atoms with Crippen LogP contribution in [-0.2, 0) is 15.3 Å². The van der Waals surface area contributed by atoms with Crippen molar-refractivity contribution in [3.8, 4) is 0 Å². The number of carboxylic acids is 1. The van der Waals surface area contributed by atoms with Gasteiger partial charge in [0.2, 0.25) is 10.8 Å². The molecule has 1 aliphatic heterocycles. The standard InChI is InChI=1S/C23H19F4N5O7S/c24-21(13-10-4-1-2-6-12(10)32(18(30)37)14(13)16(29)34)11(15(28)33)5-3-7-20(21,23(25,26)27)22(17(35)36)31(19(38)39)8-9-40-22/h1-7H,8-9H2,(H2,28,33)(H2,29,34)(H2,30,37)(H,35,36)(H,38,39)/t20?,21?,22-/m0/s1. The monoisotopic (exact) mass is 585 g/mol. The molecule has 1 aromatic heterocycles. The van der Waals surface area contributed by atoms with Crippen molar-refractivity contribution in [1.29, 1.82) is 0 Å². The third-order valence-electron chi connectivity index (χ3n) is 6.97. The number of primary amides is 3. The molecule has 8 N–H and O–H groups in total. The van der Waals surface area contributed by atoms with E-state index in [9.17, 15) is 34.2 Å². The summed E-state index contributed by atoms with van der Waals surface area (Å²) in [6, 6.07) is 3.04. The first-order valence-corrected chi connectivity index (χ1v) is 12.1. The second-order valence-electron chi connectivity index (χ2n) is 8.78. The number of aliphatic carboxylic acids is 1. The van der Waals surface area contributed by atoms with Crippen LogP contribution in [0.1, 0.15) is 16.1 Å². The van der Waals surface area contributed by atoms with Gasteiger partial charge in [-0.2, -0.15) is 13.2 Å². The first-order valence-electron chi connectivity index (χ1n) is 11.1. The smallest absolute Gasteiger partial charge is 0.408 e. The number of benzene rings is 1. The van der Waals surface area contributed by atoms with E-state index in [2.05, 4.69) is 0 Å². The quantitative estimate of drug-likeness (QED) is 0.326. The van der Waals surface area contributed by atoms with E-state index >= 15 is 17.6 Å². The van der Waals surface area contributed by atoms with Gasteiger partial charge in [0.1, 0.15) is 5.69 Å². The average molecular weight is 585 g/mol. The fourth-order valence-corrected chi connectivity index (χ4v) is 7.19. The first-order chi connectivity index (χ1) is 18.5. The van der Waals surface area contributed by atoms with Gasteiger partial charge in [0.05, 0.1) is 11.1 Å². The van der Waals surface area contributed by atoms with Gasteiger partial charge in [-0.05, 0) is 6.07 Å². The Morgan fingerprint density at radius 1 is 1.00 bits per heavy atom. The number of carboxylic acid groups (broad SMARTS) is 2. The molecular formula is C23H19F4N5O7S. The predicted molar refractivity (Wildman–Crippen MR) is 131 cm³/mol.